The number of carbonyl (C=O) groups is 1. The van der Waals surface area contributed by atoms with Gasteiger partial charge in [0.1, 0.15) is 0 Å². The predicted octanol–water partition coefficient (Wildman–Crippen LogP) is 1.84. The number of rotatable bonds is 1. The van der Waals surface area contributed by atoms with Crippen LogP contribution in [0.25, 0.3) is 0 Å². The molecule has 1 saturated heterocycles. The molecule has 0 aromatic heterocycles. The Balaban J connectivity index is 2.21. The minimum absolute atomic E-state index is 0.0323. The van der Waals surface area contributed by atoms with Crippen molar-refractivity contribution in [2.75, 3.05) is 18.5 Å². The van der Waals surface area contributed by atoms with Gasteiger partial charge in [-0.15, -0.1) is 6.58 Å². The number of anilines is 1. The fraction of sp³-hybridized carbons (Fsp3) is 0.400. The number of nitrogens with zero attached hydrogens (tertiary/aromatic N) is 1. The lowest BCUT2D eigenvalue weighted by molar-refractivity contribution is -0.124. The van der Waals surface area contributed by atoms with E-state index in [9.17, 15) is 4.79 Å². The van der Waals surface area contributed by atoms with Gasteiger partial charge in [-0.3, -0.25) is 4.79 Å². The van der Waals surface area contributed by atoms with Gasteiger partial charge in [0.05, 0.1) is 5.41 Å². The zero-order valence-electron chi connectivity index (χ0n) is 10.6. The first-order valence-electron chi connectivity index (χ1n) is 6.45. The van der Waals surface area contributed by atoms with Crippen LogP contribution >= 0.6 is 0 Å². The van der Waals surface area contributed by atoms with Crippen molar-refractivity contribution < 1.29 is 4.79 Å². The summed E-state index contributed by atoms with van der Waals surface area (Å²) in [7, 11) is 1.87. The third kappa shape index (κ3) is 1.25. The van der Waals surface area contributed by atoms with Gasteiger partial charge in [-0.25, -0.2) is 0 Å². The second kappa shape index (κ2) is 3.95. The molecule has 2 heterocycles. The van der Waals surface area contributed by atoms with Crippen LogP contribution in [-0.2, 0) is 10.2 Å². The molecule has 18 heavy (non-hydrogen) atoms. The smallest absolute Gasteiger partial charge is 0.239 e. The molecule has 3 heteroatoms. The standard InChI is InChI=1S/C15H18N2O/c1-3-13-15(9-6-10-16-13)11-7-4-5-8-12(11)17(2)14(15)18/h3-5,7-8,13,16H,1,6,9-10H2,2H3/t13-,15?/m0/s1. The fourth-order valence-electron chi connectivity index (χ4n) is 3.45. The summed E-state index contributed by atoms with van der Waals surface area (Å²) in [6, 6.07) is 8.14. The van der Waals surface area contributed by atoms with Crippen molar-refractivity contribution in [1.82, 2.24) is 5.32 Å². The van der Waals surface area contributed by atoms with E-state index in [0.29, 0.717) is 0 Å². The maximum atomic E-state index is 12.7. The zero-order valence-corrected chi connectivity index (χ0v) is 10.6. The summed E-state index contributed by atoms with van der Waals surface area (Å²) in [5.74, 6) is 0.195. The maximum absolute atomic E-state index is 12.7. The number of carbonyl (C=O) groups excluding carboxylic acids is 1. The van der Waals surface area contributed by atoms with Crippen molar-refractivity contribution in [2.45, 2.75) is 24.3 Å². The number of nitrogens with one attached hydrogen (secondary N) is 1. The Morgan fingerprint density at radius 2 is 2.28 bits per heavy atom. The molecular formula is C15H18N2O. The van der Waals surface area contributed by atoms with Gasteiger partial charge in [-0.05, 0) is 31.0 Å². The highest BCUT2D eigenvalue weighted by Crippen LogP contribution is 2.47. The number of hydrogen-bond acceptors (Lipinski definition) is 2. The molecule has 3 nitrogen and oxygen atoms in total. The normalized spacial score (nSPS) is 30.6. The topological polar surface area (TPSA) is 32.3 Å². The van der Waals surface area contributed by atoms with E-state index in [0.717, 1.165) is 30.6 Å². The highest BCUT2D eigenvalue weighted by Gasteiger charge is 2.54. The van der Waals surface area contributed by atoms with Crippen molar-refractivity contribution in [3.05, 3.63) is 42.5 Å². The SMILES string of the molecule is C=C[C@@H]1NCCCC12C(=O)N(C)c1ccccc12. The van der Waals surface area contributed by atoms with Crippen LogP contribution in [0.5, 0.6) is 0 Å². The van der Waals surface area contributed by atoms with E-state index < -0.39 is 5.41 Å². The third-order valence-electron chi connectivity index (χ3n) is 4.31. The molecule has 94 valence electrons. The van der Waals surface area contributed by atoms with Crippen LogP contribution in [0.2, 0.25) is 0 Å². The van der Waals surface area contributed by atoms with E-state index >= 15 is 0 Å². The molecule has 1 unspecified atom stereocenters. The average Bonchev–Trinajstić information content (AvgIpc) is 2.64. The first-order chi connectivity index (χ1) is 8.71. The van der Waals surface area contributed by atoms with Gasteiger partial charge in [-0.1, -0.05) is 24.3 Å². The molecule has 0 radical (unpaired) electrons. The Labute approximate surface area is 107 Å². The minimum atomic E-state index is -0.439. The minimum Gasteiger partial charge on any atom is -0.314 e. The van der Waals surface area contributed by atoms with Gasteiger partial charge < -0.3 is 10.2 Å². The molecule has 1 amide bonds. The van der Waals surface area contributed by atoms with Crippen LogP contribution in [0, 0.1) is 0 Å². The number of benzene rings is 1. The molecule has 0 bridgehead atoms. The lowest BCUT2D eigenvalue weighted by Crippen LogP contribution is -2.56. The number of hydrogen-bond donors (Lipinski definition) is 1. The molecule has 0 aliphatic carbocycles. The van der Waals surface area contributed by atoms with Crippen LogP contribution in [-0.4, -0.2) is 25.5 Å². The first-order valence-corrected chi connectivity index (χ1v) is 6.45. The van der Waals surface area contributed by atoms with Crippen molar-refractivity contribution in [3.8, 4) is 0 Å². The molecular weight excluding hydrogens is 224 g/mol. The van der Waals surface area contributed by atoms with Gasteiger partial charge in [-0.2, -0.15) is 0 Å². The third-order valence-corrected chi connectivity index (χ3v) is 4.31. The Morgan fingerprint density at radius 1 is 1.50 bits per heavy atom. The number of fused-ring (bicyclic) bond motifs is 2. The van der Waals surface area contributed by atoms with Crippen molar-refractivity contribution in [3.63, 3.8) is 0 Å². The van der Waals surface area contributed by atoms with E-state index in [1.54, 1.807) is 4.90 Å². The Hall–Kier alpha value is -1.61. The Kier molecular flexibility index (Phi) is 2.52. The van der Waals surface area contributed by atoms with E-state index in [2.05, 4.69) is 18.0 Å². The van der Waals surface area contributed by atoms with E-state index in [-0.39, 0.29) is 11.9 Å². The van der Waals surface area contributed by atoms with Gasteiger partial charge >= 0.3 is 0 Å². The van der Waals surface area contributed by atoms with Gasteiger partial charge in [0.2, 0.25) is 5.91 Å². The summed E-state index contributed by atoms with van der Waals surface area (Å²) in [6.45, 7) is 4.86. The fourth-order valence-corrected chi connectivity index (χ4v) is 3.45. The predicted molar refractivity (Wildman–Crippen MR) is 72.8 cm³/mol. The summed E-state index contributed by atoms with van der Waals surface area (Å²) in [4.78, 5) is 14.5. The van der Waals surface area contributed by atoms with Crippen LogP contribution in [0.1, 0.15) is 18.4 Å². The second-order valence-corrected chi connectivity index (χ2v) is 5.12. The molecule has 2 aliphatic rings. The summed E-state index contributed by atoms with van der Waals surface area (Å²) < 4.78 is 0. The van der Waals surface area contributed by atoms with E-state index in [1.165, 1.54) is 0 Å². The molecule has 1 aromatic carbocycles. The van der Waals surface area contributed by atoms with Crippen molar-refractivity contribution in [2.24, 2.45) is 0 Å². The van der Waals surface area contributed by atoms with Crippen molar-refractivity contribution >= 4 is 11.6 Å². The summed E-state index contributed by atoms with van der Waals surface area (Å²) >= 11 is 0. The Morgan fingerprint density at radius 3 is 3.06 bits per heavy atom. The molecule has 3 rings (SSSR count). The van der Waals surface area contributed by atoms with Gasteiger partial charge in [0.25, 0.3) is 0 Å². The molecule has 1 fully saturated rings. The van der Waals surface area contributed by atoms with Crippen molar-refractivity contribution in [1.29, 1.82) is 0 Å². The lowest BCUT2D eigenvalue weighted by Gasteiger charge is -2.39. The Bertz CT molecular complexity index is 511. The van der Waals surface area contributed by atoms with E-state index in [1.807, 2.05) is 31.3 Å². The molecule has 1 spiro atoms. The van der Waals surface area contributed by atoms with Crippen LogP contribution < -0.4 is 10.2 Å². The van der Waals surface area contributed by atoms with Crippen LogP contribution in [0.4, 0.5) is 5.69 Å². The van der Waals surface area contributed by atoms with Gasteiger partial charge in [0.15, 0.2) is 0 Å². The van der Waals surface area contributed by atoms with E-state index in [4.69, 9.17) is 0 Å². The molecule has 2 atom stereocenters. The zero-order chi connectivity index (χ0) is 12.8. The molecule has 2 aliphatic heterocycles. The highest BCUT2D eigenvalue weighted by atomic mass is 16.2. The maximum Gasteiger partial charge on any atom is 0.239 e. The average molecular weight is 242 g/mol. The monoisotopic (exact) mass is 242 g/mol. The molecule has 1 N–H and O–H groups in total. The largest absolute Gasteiger partial charge is 0.314 e. The number of para-hydroxylation sites is 1. The highest BCUT2D eigenvalue weighted by molar-refractivity contribution is 6.08. The number of amides is 1. The molecule has 1 aromatic rings. The quantitative estimate of drug-likeness (QED) is 0.762. The first kappa shape index (κ1) is 11.5. The number of likely N-dealkylation sites (N-methyl/N-ethyl adjacent to an activating group) is 1. The van der Waals surface area contributed by atoms with Crippen LogP contribution in [0.15, 0.2) is 36.9 Å². The molecule has 0 saturated carbocycles. The summed E-state index contributed by atoms with van der Waals surface area (Å²) in [6.07, 6.45) is 3.81. The summed E-state index contributed by atoms with van der Waals surface area (Å²) in [5.41, 5.74) is 1.75. The lowest BCUT2D eigenvalue weighted by atomic mass is 9.70. The van der Waals surface area contributed by atoms with Crippen LogP contribution in [0.3, 0.4) is 0 Å². The number of piperidine rings is 1. The van der Waals surface area contributed by atoms with Gasteiger partial charge in [0, 0.05) is 18.8 Å². The second-order valence-electron chi connectivity index (χ2n) is 5.12. The summed E-state index contributed by atoms with van der Waals surface area (Å²) in [5, 5.41) is 3.43.